The third kappa shape index (κ3) is 2.18. The summed E-state index contributed by atoms with van der Waals surface area (Å²) in [7, 11) is 0. The van der Waals surface area contributed by atoms with Gasteiger partial charge in [-0.05, 0) is 80.3 Å². The van der Waals surface area contributed by atoms with Crippen LogP contribution >= 0.6 is 11.8 Å². The van der Waals surface area contributed by atoms with Crippen molar-refractivity contribution in [3.8, 4) is 0 Å². The predicted molar refractivity (Wildman–Crippen MR) is 90.1 cm³/mol. The predicted octanol–water partition coefficient (Wildman–Crippen LogP) is 3.02. The Morgan fingerprint density at radius 3 is 2.30 bits per heavy atom. The van der Waals surface area contributed by atoms with Crippen LogP contribution < -0.4 is 5.32 Å². The second-order valence-corrected chi connectivity index (χ2v) is 10.0. The first kappa shape index (κ1) is 14.6. The molecule has 4 saturated carbocycles. The van der Waals surface area contributed by atoms with Crippen molar-refractivity contribution in [3.63, 3.8) is 0 Å². The monoisotopic (exact) mass is 334 g/mol. The van der Waals surface area contributed by atoms with Gasteiger partial charge in [0.25, 0.3) is 5.91 Å². The molecule has 0 aromatic carbocycles. The molecule has 126 valence electrons. The van der Waals surface area contributed by atoms with E-state index in [1.165, 1.54) is 38.5 Å². The summed E-state index contributed by atoms with van der Waals surface area (Å²) in [5.74, 6) is 4.59. The van der Waals surface area contributed by atoms with Gasteiger partial charge in [0.15, 0.2) is 0 Å². The van der Waals surface area contributed by atoms with Crippen molar-refractivity contribution in [2.24, 2.45) is 23.2 Å². The summed E-state index contributed by atoms with van der Waals surface area (Å²) in [5, 5.41) is 3.00. The van der Waals surface area contributed by atoms with E-state index in [0.29, 0.717) is 12.0 Å². The lowest BCUT2D eigenvalue weighted by Gasteiger charge is -2.57. The van der Waals surface area contributed by atoms with E-state index < -0.39 is 5.54 Å². The highest BCUT2D eigenvalue weighted by atomic mass is 32.2. The molecule has 2 aliphatic heterocycles. The van der Waals surface area contributed by atoms with Crippen molar-refractivity contribution in [1.82, 2.24) is 10.2 Å². The van der Waals surface area contributed by atoms with Gasteiger partial charge in [-0.2, -0.15) is 11.8 Å². The first-order valence-corrected chi connectivity index (χ1v) is 10.4. The Kier molecular flexibility index (Phi) is 3.11. The number of carbonyl (C=O) groups excluding carboxylic acids is 2. The summed E-state index contributed by atoms with van der Waals surface area (Å²) in [5.41, 5.74) is -0.126. The molecule has 1 atom stereocenters. The van der Waals surface area contributed by atoms with Gasteiger partial charge in [0.1, 0.15) is 5.54 Å². The van der Waals surface area contributed by atoms with E-state index in [0.717, 1.165) is 42.1 Å². The molecule has 1 spiro atoms. The Morgan fingerprint density at radius 2 is 1.74 bits per heavy atom. The maximum atomic E-state index is 12.8. The quantitative estimate of drug-likeness (QED) is 0.807. The fourth-order valence-corrected chi connectivity index (χ4v) is 7.98. The van der Waals surface area contributed by atoms with Crippen LogP contribution in [-0.2, 0) is 4.79 Å². The number of nitrogens with zero attached hydrogens (tertiary/aromatic N) is 1. The van der Waals surface area contributed by atoms with Gasteiger partial charge in [0.2, 0.25) is 0 Å². The second kappa shape index (κ2) is 4.90. The Morgan fingerprint density at radius 1 is 1.09 bits per heavy atom. The van der Waals surface area contributed by atoms with Crippen molar-refractivity contribution in [1.29, 1.82) is 0 Å². The smallest absolute Gasteiger partial charge is 0.322 e. The van der Waals surface area contributed by atoms with Gasteiger partial charge in [0, 0.05) is 12.3 Å². The first-order valence-electron chi connectivity index (χ1n) is 9.29. The lowest BCUT2D eigenvalue weighted by Crippen LogP contribution is -2.48. The maximum absolute atomic E-state index is 12.8. The molecule has 0 aromatic rings. The van der Waals surface area contributed by atoms with Crippen LogP contribution in [-0.4, -0.2) is 40.4 Å². The Balaban J connectivity index is 1.29. The summed E-state index contributed by atoms with van der Waals surface area (Å²) in [6, 6.07) is -0.137. The van der Waals surface area contributed by atoms with Gasteiger partial charge in [-0.25, -0.2) is 4.79 Å². The zero-order valence-corrected chi connectivity index (χ0v) is 14.5. The number of rotatable bonds is 3. The molecule has 6 rings (SSSR count). The number of urea groups is 1. The zero-order chi connectivity index (χ0) is 15.7. The Labute approximate surface area is 142 Å². The van der Waals surface area contributed by atoms with E-state index >= 15 is 0 Å². The normalized spacial score (nSPS) is 47.8. The molecule has 2 heterocycles. The molecule has 0 unspecified atom stereocenters. The first-order chi connectivity index (χ1) is 11.1. The maximum Gasteiger partial charge on any atom is 0.325 e. The van der Waals surface area contributed by atoms with E-state index in [2.05, 4.69) is 5.32 Å². The molecule has 3 amide bonds. The molecule has 1 N–H and O–H groups in total. The Bertz CT molecular complexity index is 520. The summed E-state index contributed by atoms with van der Waals surface area (Å²) in [6.45, 7) is 0.642. The fourth-order valence-electron chi connectivity index (χ4n) is 6.66. The van der Waals surface area contributed by atoms with E-state index in [1.807, 2.05) is 0 Å². The highest BCUT2D eigenvalue weighted by molar-refractivity contribution is 7.99. The number of hydrogen-bond acceptors (Lipinski definition) is 3. The lowest BCUT2D eigenvalue weighted by atomic mass is 9.49. The third-order valence-corrected chi connectivity index (χ3v) is 8.49. The molecule has 6 aliphatic rings. The number of thioether (sulfide) groups is 1. The van der Waals surface area contributed by atoms with E-state index in [4.69, 9.17) is 0 Å². The van der Waals surface area contributed by atoms with Gasteiger partial charge in [-0.3, -0.25) is 9.69 Å². The Hall–Kier alpha value is -0.710. The number of amides is 3. The number of carbonyl (C=O) groups is 2. The molecule has 0 radical (unpaired) electrons. The molecule has 4 aliphatic carbocycles. The zero-order valence-electron chi connectivity index (χ0n) is 13.7. The molecular formula is C18H26N2O2S. The van der Waals surface area contributed by atoms with Crippen LogP contribution in [0.25, 0.3) is 0 Å². The van der Waals surface area contributed by atoms with E-state index in [1.54, 1.807) is 16.7 Å². The van der Waals surface area contributed by atoms with E-state index in [-0.39, 0.29) is 11.9 Å². The molecule has 6 fully saturated rings. The summed E-state index contributed by atoms with van der Waals surface area (Å²) >= 11 is 1.78. The van der Waals surface area contributed by atoms with Crippen LogP contribution in [0.3, 0.4) is 0 Å². The van der Waals surface area contributed by atoms with Gasteiger partial charge in [-0.15, -0.1) is 0 Å². The minimum Gasteiger partial charge on any atom is -0.322 e. The average Bonchev–Trinajstić information content (AvgIpc) is 3.03. The van der Waals surface area contributed by atoms with Crippen LogP contribution in [0.2, 0.25) is 0 Å². The summed E-state index contributed by atoms with van der Waals surface area (Å²) < 4.78 is 0. The molecule has 4 bridgehead atoms. The van der Waals surface area contributed by atoms with Gasteiger partial charge >= 0.3 is 6.03 Å². The van der Waals surface area contributed by atoms with Crippen molar-refractivity contribution in [2.75, 3.05) is 18.1 Å². The van der Waals surface area contributed by atoms with Crippen LogP contribution in [0.1, 0.15) is 51.4 Å². The molecular weight excluding hydrogens is 308 g/mol. The second-order valence-electron chi connectivity index (χ2n) is 8.94. The van der Waals surface area contributed by atoms with Crippen molar-refractivity contribution in [2.45, 2.75) is 56.9 Å². The number of nitrogens with one attached hydrogen (secondary N) is 1. The van der Waals surface area contributed by atoms with Gasteiger partial charge in [0.05, 0.1) is 0 Å². The SMILES string of the molecule is O=C1N[C@@]2(CCSC2)C(=O)N1CCC12CC3CC(CC(C3)C1)C2. The largest absolute Gasteiger partial charge is 0.325 e. The van der Waals surface area contributed by atoms with Crippen LogP contribution in [0.15, 0.2) is 0 Å². The minimum absolute atomic E-state index is 0.0530. The van der Waals surface area contributed by atoms with Crippen LogP contribution in [0.4, 0.5) is 4.79 Å². The van der Waals surface area contributed by atoms with Gasteiger partial charge < -0.3 is 5.32 Å². The lowest BCUT2D eigenvalue weighted by molar-refractivity contribution is -0.131. The summed E-state index contributed by atoms with van der Waals surface area (Å²) in [4.78, 5) is 26.7. The average molecular weight is 334 g/mol. The van der Waals surface area contributed by atoms with Crippen molar-refractivity contribution >= 4 is 23.7 Å². The topological polar surface area (TPSA) is 49.4 Å². The van der Waals surface area contributed by atoms with Gasteiger partial charge in [-0.1, -0.05) is 0 Å². The third-order valence-electron chi connectivity index (χ3n) is 7.30. The molecule has 4 nitrogen and oxygen atoms in total. The number of imide groups is 1. The minimum atomic E-state index is -0.566. The van der Waals surface area contributed by atoms with Crippen molar-refractivity contribution < 1.29 is 9.59 Å². The summed E-state index contributed by atoms with van der Waals surface area (Å²) in [6.07, 6.45) is 10.2. The van der Waals surface area contributed by atoms with Crippen LogP contribution in [0.5, 0.6) is 0 Å². The molecule has 2 saturated heterocycles. The molecule has 0 aromatic heterocycles. The highest BCUT2D eigenvalue weighted by Crippen LogP contribution is 2.61. The van der Waals surface area contributed by atoms with Crippen LogP contribution in [0, 0.1) is 23.2 Å². The molecule has 23 heavy (non-hydrogen) atoms. The standard InChI is InChI=1S/C18H26N2O2S/c21-15-18(2-4-23-11-18)19-16(22)20(15)3-1-17-8-12-5-13(9-17)7-14(6-12)10-17/h12-14H,1-11H2,(H,19,22)/t12?,13?,14?,17?,18-/m1/s1. The highest BCUT2D eigenvalue weighted by Gasteiger charge is 2.54. The van der Waals surface area contributed by atoms with Crippen molar-refractivity contribution in [3.05, 3.63) is 0 Å². The number of hydrogen-bond donors (Lipinski definition) is 1. The van der Waals surface area contributed by atoms with E-state index in [9.17, 15) is 9.59 Å². The molecule has 5 heteroatoms. The fraction of sp³-hybridized carbons (Fsp3) is 0.889.